The van der Waals surface area contributed by atoms with Gasteiger partial charge in [0.05, 0.1) is 18.4 Å². The molecule has 1 aliphatic rings. The lowest BCUT2D eigenvalue weighted by molar-refractivity contribution is -0.134. The number of aromatic nitrogens is 2. The van der Waals surface area contributed by atoms with Crippen LogP contribution in [0, 0.1) is 5.41 Å². The van der Waals surface area contributed by atoms with Gasteiger partial charge in [-0.05, 0) is 0 Å². The Labute approximate surface area is 119 Å². The van der Waals surface area contributed by atoms with Crippen LogP contribution < -0.4 is 11.1 Å². The zero-order valence-electron chi connectivity index (χ0n) is 10.5. The third-order valence-corrected chi connectivity index (χ3v) is 3.50. The number of rotatable bonds is 5. The molecule has 1 aromatic rings. The fourth-order valence-electron chi connectivity index (χ4n) is 2.11. The molecular formula is C11H14ClN5O3. The van der Waals surface area contributed by atoms with Crippen LogP contribution in [-0.4, -0.2) is 45.4 Å². The fraction of sp³-hybridized carbons (Fsp3) is 0.455. The number of aliphatic hydroxyl groups is 1. The van der Waals surface area contributed by atoms with Gasteiger partial charge in [0.1, 0.15) is 16.8 Å². The van der Waals surface area contributed by atoms with Gasteiger partial charge in [-0.1, -0.05) is 16.8 Å². The van der Waals surface area contributed by atoms with Crippen molar-refractivity contribution in [3.8, 4) is 0 Å². The maximum absolute atomic E-state index is 11.1. The number of carbonyl (C=O) groups excluding carboxylic acids is 1. The Hall–Kier alpha value is -1.93. The summed E-state index contributed by atoms with van der Waals surface area (Å²) in [6.45, 7) is 0.220. The van der Waals surface area contributed by atoms with Gasteiger partial charge in [0.2, 0.25) is 5.95 Å². The summed E-state index contributed by atoms with van der Waals surface area (Å²) < 4.78 is 0. The van der Waals surface area contributed by atoms with Crippen LogP contribution in [-0.2, 0) is 4.79 Å². The van der Waals surface area contributed by atoms with Gasteiger partial charge < -0.3 is 21.4 Å². The summed E-state index contributed by atoms with van der Waals surface area (Å²) in [7, 11) is 0. The summed E-state index contributed by atoms with van der Waals surface area (Å²) in [6.07, 6.45) is 1.71. The first kappa shape index (κ1) is 14.5. The van der Waals surface area contributed by atoms with Crippen LogP contribution in [0.25, 0.3) is 0 Å². The Kier molecular flexibility index (Phi) is 4.05. The molecular weight excluding hydrogens is 286 g/mol. The first-order valence-corrected chi connectivity index (χ1v) is 6.24. The summed E-state index contributed by atoms with van der Waals surface area (Å²) in [5.41, 5.74) is 5.30. The first-order chi connectivity index (χ1) is 9.49. The van der Waals surface area contributed by atoms with E-state index in [4.69, 9.17) is 22.5 Å². The van der Waals surface area contributed by atoms with Crippen molar-refractivity contribution >= 4 is 35.4 Å². The second kappa shape index (κ2) is 5.59. The third kappa shape index (κ3) is 2.81. The highest BCUT2D eigenvalue weighted by Crippen LogP contribution is 2.37. The minimum Gasteiger partial charge on any atom is -0.411 e. The predicted molar refractivity (Wildman–Crippen MR) is 73.1 cm³/mol. The van der Waals surface area contributed by atoms with E-state index in [-0.39, 0.29) is 34.9 Å². The second-order valence-electron chi connectivity index (χ2n) is 4.78. The molecule has 9 heteroatoms. The molecule has 1 fully saturated rings. The number of hydrogen-bond donors (Lipinski definition) is 4. The van der Waals surface area contributed by atoms with Gasteiger partial charge in [-0.3, -0.25) is 4.79 Å². The number of anilines is 2. The van der Waals surface area contributed by atoms with E-state index < -0.39 is 5.41 Å². The summed E-state index contributed by atoms with van der Waals surface area (Å²) in [4.78, 5) is 18.8. The molecule has 0 bridgehead atoms. The van der Waals surface area contributed by atoms with Crippen molar-refractivity contribution in [3.05, 3.63) is 10.7 Å². The molecule has 0 radical (unpaired) electrons. The van der Waals surface area contributed by atoms with E-state index in [1.165, 1.54) is 0 Å². The van der Waals surface area contributed by atoms with Gasteiger partial charge in [0.15, 0.2) is 0 Å². The summed E-state index contributed by atoms with van der Waals surface area (Å²) in [5, 5.41) is 23.9. The van der Waals surface area contributed by atoms with Crippen LogP contribution in [0.4, 0.5) is 11.8 Å². The van der Waals surface area contributed by atoms with Gasteiger partial charge in [0.25, 0.3) is 0 Å². The minimum absolute atomic E-state index is 0.0321. The van der Waals surface area contributed by atoms with Crippen molar-refractivity contribution in [2.24, 2.45) is 10.6 Å². The Balaban J connectivity index is 2.18. The molecule has 0 aliphatic heterocycles. The number of nitrogen functional groups attached to an aromatic ring is 1. The van der Waals surface area contributed by atoms with Crippen molar-refractivity contribution < 1.29 is 15.1 Å². The number of Topliss-reactive ketones (excluding diaryl/α,β-unsaturated/α-hetero) is 1. The number of halogens is 1. The topological polar surface area (TPSA) is 134 Å². The van der Waals surface area contributed by atoms with Gasteiger partial charge in [-0.2, -0.15) is 4.98 Å². The molecule has 0 atom stereocenters. The Bertz CT molecular complexity index is 555. The molecule has 1 aliphatic carbocycles. The van der Waals surface area contributed by atoms with Crippen LogP contribution in [0.15, 0.2) is 5.16 Å². The molecule has 2 rings (SSSR count). The first-order valence-electron chi connectivity index (χ1n) is 5.86. The molecule has 0 saturated heterocycles. The quantitative estimate of drug-likeness (QED) is 0.265. The average Bonchev–Trinajstić information content (AvgIpc) is 2.36. The zero-order chi connectivity index (χ0) is 14.8. The van der Waals surface area contributed by atoms with E-state index in [0.29, 0.717) is 19.4 Å². The van der Waals surface area contributed by atoms with E-state index in [2.05, 4.69) is 20.4 Å². The number of nitrogens with zero attached hydrogens (tertiary/aromatic N) is 3. The van der Waals surface area contributed by atoms with E-state index in [1.807, 2.05) is 0 Å². The molecule has 1 heterocycles. The monoisotopic (exact) mass is 299 g/mol. The molecule has 1 aromatic heterocycles. The van der Waals surface area contributed by atoms with Crippen molar-refractivity contribution in [2.45, 2.75) is 12.8 Å². The maximum Gasteiger partial charge on any atom is 0.223 e. The van der Waals surface area contributed by atoms with Crippen molar-refractivity contribution in [1.29, 1.82) is 0 Å². The summed E-state index contributed by atoms with van der Waals surface area (Å²) in [6, 6.07) is 0. The lowest BCUT2D eigenvalue weighted by atomic mass is 9.68. The third-order valence-electron chi connectivity index (χ3n) is 3.21. The number of aliphatic hydroxyl groups excluding tert-OH is 1. The van der Waals surface area contributed by atoms with Crippen LogP contribution >= 0.6 is 11.6 Å². The normalized spacial score (nSPS) is 17.2. The number of carbonyl (C=O) groups is 1. The van der Waals surface area contributed by atoms with E-state index in [1.54, 1.807) is 0 Å². The van der Waals surface area contributed by atoms with Crippen molar-refractivity contribution in [3.63, 3.8) is 0 Å². The van der Waals surface area contributed by atoms with Crippen molar-refractivity contribution in [2.75, 3.05) is 24.2 Å². The molecule has 0 amide bonds. The number of oxime groups is 1. The predicted octanol–water partition coefficient (Wildman–Crippen LogP) is 0.274. The maximum atomic E-state index is 11.1. The Morgan fingerprint density at radius 2 is 2.20 bits per heavy atom. The fourth-order valence-corrected chi connectivity index (χ4v) is 2.34. The highest BCUT2D eigenvalue weighted by molar-refractivity contribution is 6.32. The molecule has 20 heavy (non-hydrogen) atoms. The van der Waals surface area contributed by atoms with E-state index >= 15 is 0 Å². The minimum atomic E-state index is -0.489. The summed E-state index contributed by atoms with van der Waals surface area (Å²) >= 11 is 5.89. The molecule has 0 aromatic carbocycles. The molecule has 108 valence electrons. The lowest BCUT2D eigenvalue weighted by Gasteiger charge is -2.38. The van der Waals surface area contributed by atoms with Crippen LogP contribution in [0.5, 0.6) is 0 Å². The van der Waals surface area contributed by atoms with Gasteiger partial charge in [0, 0.05) is 24.8 Å². The van der Waals surface area contributed by atoms with Crippen molar-refractivity contribution in [1.82, 2.24) is 9.97 Å². The highest BCUT2D eigenvalue weighted by atomic mass is 35.5. The van der Waals surface area contributed by atoms with Crippen LogP contribution in [0.3, 0.4) is 0 Å². The number of ketones is 1. The molecule has 0 spiro atoms. The van der Waals surface area contributed by atoms with Gasteiger partial charge in [-0.15, -0.1) is 0 Å². The van der Waals surface area contributed by atoms with Gasteiger partial charge >= 0.3 is 0 Å². The van der Waals surface area contributed by atoms with Crippen LogP contribution in [0.2, 0.25) is 5.15 Å². The number of nitrogens with one attached hydrogen (secondary N) is 1. The Morgan fingerprint density at radius 3 is 2.75 bits per heavy atom. The zero-order valence-corrected chi connectivity index (χ0v) is 11.3. The highest BCUT2D eigenvalue weighted by Gasteiger charge is 2.43. The largest absolute Gasteiger partial charge is 0.411 e. The smallest absolute Gasteiger partial charge is 0.223 e. The number of nitrogens with two attached hydrogens (primary N) is 1. The van der Waals surface area contributed by atoms with Crippen LogP contribution in [0.1, 0.15) is 18.4 Å². The van der Waals surface area contributed by atoms with E-state index in [9.17, 15) is 9.90 Å². The lowest BCUT2D eigenvalue weighted by Crippen LogP contribution is -2.46. The number of hydrogen-bond acceptors (Lipinski definition) is 8. The van der Waals surface area contributed by atoms with Gasteiger partial charge in [-0.25, -0.2) is 4.98 Å². The second-order valence-corrected chi connectivity index (χ2v) is 5.14. The van der Waals surface area contributed by atoms with E-state index in [0.717, 1.165) is 6.21 Å². The summed E-state index contributed by atoms with van der Waals surface area (Å²) in [5.74, 6) is 0.362. The standard InChI is InChI=1S/C11H14ClN5O3/c12-8-7(3-15-20)9(17-10(13)16-8)14-4-11(5-18)1-6(19)2-11/h3,18,20H,1-2,4-5H2,(H3,13,14,16,17)/b15-3+. The molecule has 0 unspecified atom stereocenters. The average molecular weight is 300 g/mol. The Morgan fingerprint density at radius 1 is 1.50 bits per heavy atom. The molecule has 8 nitrogen and oxygen atoms in total. The molecule has 5 N–H and O–H groups in total. The SMILES string of the molecule is Nc1nc(Cl)c(/C=N/O)c(NCC2(CO)CC(=O)C2)n1. The molecule has 1 saturated carbocycles.